The summed E-state index contributed by atoms with van der Waals surface area (Å²) in [7, 11) is 0. The van der Waals surface area contributed by atoms with Gasteiger partial charge in [-0.1, -0.05) is 38.0 Å². The fourth-order valence-corrected chi connectivity index (χ4v) is 1.21. The van der Waals surface area contributed by atoms with Crippen LogP contribution in [0.15, 0.2) is 42.6 Å². The third-order valence-electron chi connectivity index (χ3n) is 1.73. The molecular formula is C14H13ClN2. The topological polar surface area (TPSA) is 25.8 Å². The zero-order valence-corrected chi connectivity index (χ0v) is 10.6. The summed E-state index contributed by atoms with van der Waals surface area (Å²) >= 11 is 5.64. The van der Waals surface area contributed by atoms with Crippen molar-refractivity contribution >= 4 is 11.6 Å². The Hall–Kier alpha value is -1.85. The van der Waals surface area contributed by atoms with Gasteiger partial charge in [-0.15, -0.1) is 0 Å². The molecule has 0 aliphatic carbocycles. The van der Waals surface area contributed by atoms with Crippen LogP contribution in [0, 0.1) is 11.8 Å². The van der Waals surface area contributed by atoms with E-state index < -0.39 is 0 Å². The zero-order chi connectivity index (χ0) is 12.5. The highest BCUT2D eigenvalue weighted by molar-refractivity contribution is 6.28. The second-order valence-electron chi connectivity index (χ2n) is 2.83. The normalized spacial score (nSPS) is 8.41. The number of hydrogen-bond acceptors (Lipinski definition) is 2. The second kappa shape index (κ2) is 7.43. The molecule has 0 aliphatic heterocycles. The molecule has 0 N–H and O–H groups in total. The molecule has 0 spiro atoms. The van der Waals surface area contributed by atoms with Crippen molar-refractivity contribution in [2.75, 3.05) is 0 Å². The van der Waals surface area contributed by atoms with Crippen LogP contribution in [0.5, 0.6) is 0 Å². The first-order valence-electron chi connectivity index (χ1n) is 5.40. The van der Waals surface area contributed by atoms with Gasteiger partial charge in [0.1, 0.15) is 5.69 Å². The Morgan fingerprint density at radius 1 is 1.00 bits per heavy atom. The van der Waals surface area contributed by atoms with E-state index in [2.05, 4.69) is 21.8 Å². The van der Waals surface area contributed by atoms with Crippen LogP contribution >= 0.6 is 11.6 Å². The van der Waals surface area contributed by atoms with Gasteiger partial charge in [0.05, 0.1) is 0 Å². The molecule has 2 rings (SSSR count). The van der Waals surface area contributed by atoms with Crippen molar-refractivity contribution < 1.29 is 0 Å². The quantitative estimate of drug-likeness (QED) is 0.523. The first-order valence-corrected chi connectivity index (χ1v) is 5.78. The third kappa shape index (κ3) is 4.67. The van der Waals surface area contributed by atoms with Gasteiger partial charge in [-0.2, -0.15) is 0 Å². The van der Waals surface area contributed by atoms with Crippen molar-refractivity contribution in [2.24, 2.45) is 0 Å². The van der Waals surface area contributed by atoms with Gasteiger partial charge in [-0.25, -0.2) is 9.97 Å². The van der Waals surface area contributed by atoms with Crippen LogP contribution in [0.2, 0.25) is 5.28 Å². The highest BCUT2D eigenvalue weighted by Gasteiger charge is 1.91. The lowest BCUT2D eigenvalue weighted by molar-refractivity contribution is 1.15. The minimum atomic E-state index is 0.217. The summed E-state index contributed by atoms with van der Waals surface area (Å²) in [6, 6.07) is 11.4. The van der Waals surface area contributed by atoms with E-state index in [0.29, 0.717) is 5.69 Å². The molecule has 0 unspecified atom stereocenters. The average molecular weight is 245 g/mol. The summed E-state index contributed by atoms with van der Waals surface area (Å²) in [6.07, 6.45) is 1.59. The van der Waals surface area contributed by atoms with E-state index in [4.69, 9.17) is 11.6 Å². The molecule has 2 aromatic rings. The Balaban J connectivity index is 0.000000686. The van der Waals surface area contributed by atoms with E-state index in [1.165, 1.54) is 0 Å². The maximum atomic E-state index is 5.64. The molecule has 0 amide bonds. The molecule has 0 bridgehead atoms. The highest BCUT2D eigenvalue weighted by atomic mass is 35.5. The Kier molecular flexibility index (Phi) is 5.77. The first-order chi connectivity index (χ1) is 8.34. The Bertz CT molecular complexity index is 512. The second-order valence-corrected chi connectivity index (χ2v) is 3.16. The van der Waals surface area contributed by atoms with Crippen molar-refractivity contribution in [1.82, 2.24) is 9.97 Å². The molecule has 0 aliphatic rings. The number of hydrogen-bond donors (Lipinski definition) is 0. The number of halogens is 1. The molecule has 0 atom stereocenters. The Morgan fingerprint density at radius 2 is 1.71 bits per heavy atom. The largest absolute Gasteiger partial charge is 0.226 e. The fourth-order valence-electron chi connectivity index (χ4n) is 1.06. The van der Waals surface area contributed by atoms with Crippen LogP contribution < -0.4 is 0 Å². The molecular weight excluding hydrogens is 232 g/mol. The van der Waals surface area contributed by atoms with Crippen LogP contribution in [0.3, 0.4) is 0 Å². The van der Waals surface area contributed by atoms with Gasteiger partial charge in [0.2, 0.25) is 5.28 Å². The summed E-state index contributed by atoms with van der Waals surface area (Å²) in [4.78, 5) is 7.75. The fraction of sp³-hybridized carbons (Fsp3) is 0.143. The zero-order valence-electron chi connectivity index (χ0n) is 9.81. The summed E-state index contributed by atoms with van der Waals surface area (Å²) in [5.74, 6) is 5.91. The highest BCUT2D eigenvalue weighted by Crippen LogP contribution is 2.00. The van der Waals surface area contributed by atoms with Gasteiger partial charge < -0.3 is 0 Å². The lowest BCUT2D eigenvalue weighted by Crippen LogP contribution is -1.85. The Labute approximate surface area is 107 Å². The van der Waals surface area contributed by atoms with Crippen molar-refractivity contribution in [3.8, 4) is 11.8 Å². The smallest absolute Gasteiger partial charge is 0.223 e. The predicted octanol–water partition coefficient (Wildman–Crippen LogP) is 3.56. The average Bonchev–Trinajstić information content (AvgIpc) is 2.40. The third-order valence-corrected chi connectivity index (χ3v) is 1.92. The first kappa shape index (κ1) is 13.2. The van der Waals surface area contributed by atoms with Gasteiger partial charge in [-0.3, -0.25) is 0 Å². The molecule has 1 aromatic heterocycles. The number of benzene rings is 1. The molecule has 3 heteroatoms. The number of rotatable bonds is 0. The van der Waals surface area contributed by atoms with E-state index in [0.717, 1.165) is 5.56 Å². The Morgan fingerprint density at radius 3 is 2.35 bits per heavy atom. The monoisotopic (exact) mass is 244 g/mol. The van der Waals surface area contributed by atoms with Crippen molar-refractivity contribution in [3.05, 3.63) is 59.1 Å². The summed E-state index contributed by atoms with van der Waals surface area (Å²) < 4.78 is 0. The van der Waals surface area contributed by atoms with Gasteiger partial charge in [0.25, 0.3) is 0 Å². The van der Waals surface area contributed by atoms with Crippen LogP contribution in [0.4, 0.5) is 0 Å². The van der Waals surface area contributed by atoms with E-state index in [9.17, 15) is 0 Å². The van der Waals surface area contributed by atoms with E-state index in [1.54, 1.807) is 12.3 Å². The minimum Gasteiger partial charge on any atom is -0.226 e. The predicted molar refractivity (Wildman–Crippen MR) is 70.8 cm³/mol. The van der Waals surface area contributed by atoms with Crippen LogP contribution in [-0.2, 0) is 0 Å². The summed E-state index contributed by atoms with van der Waals surface area (Å²) in [6.45, 7) is 4.00. The summed E-state index contributed by atoms with van der Waals surface area (Å²) in [5, 5.41) is 0.217. The molecule has 0 saturated carbocycles. The van der Waals surface area contributed by atoms with Gasteiger partial charge >= 0.3 is 0 Å². The lowest BCUT2D eigenvalue weighted by atomic mass is 10.2. The number of nitrogens with zero attached hydrogens (tertiary/aromatic N) is 2. The van der Waals surface area contributed by atoms with Crippen molar-refractivity contribution in [2.45, 2.75) is 13.8 Å². The van der Waals surface area contributed by atoms with Gasteiger partial charge in [0, 0.05) is 11.8 Å². The van der Waals surface area contributed by atoms with Crippen LogP contribution in [-0.4, -0.2) is 9.97 Å². The van der Waals surface area contributed by atoms with E-state index in [-0.39, 0.29) is 5.28 Å². The van der Waals surface area contributed by atoms with E-state index in [1.807, 2.05) is 44.2 Å². The maximum Gasteiger partial charge on any atom is 0.223 e. The molecule has 1 heterocycles. The molecule has 0 saturated heterocycles. The molecule has 17 heavy (non-hydrogen) atoms. The molecule has 0 fully saturated rings. The van der Waals surface area contributed by atoms with Crippen LogP contribution in [0.1, 0.15) is 25.1 Å². The molecule has 1 aromatic carbocycles. The number of aromatic nitrogens is 2. The van der Waals surface area contributed by atoms with Gasteiger partial charge in [-0.05, 0) is 35.7 Å². The van der Waals surface area contributed by atoms with E-state index >= 15 is 0 Å². The molecule has 0 radical (unpaired) electrons. The lowest BCUT2D eigenvalue weighted by Gasteiger charge is -1.89. The standard InChI is InChI=1S/C12H7ClN2.C2H6/c13-12-14-9-8-11(15-12)7-6-10-4-2-1-3-5-10;1-2/h1-5,8-9H;1-2H3. The summed E-state index contributed by atoms with van der Waals surface area (Å²) in [5.41, 5.74) is 1.58. The SMILES string of the molecule is CC.Clc1nccc(C#Cc2ccccc2)n1. The van der Waals surface area contributed by atoms with Gasteiger partial charge in [0.15, 0.2) is 0 Å². The maximum absolute atomic E-state index is 5.64. The molecule has 86 valence electrons. The minimum absolute atomic E-state index is 0.217. The van der Waals surface area contributed by atoms with Crippen LogP contribution in [0.25, 0.3) is 0 Å². The van der Waals surface area contributed by atoms with Crippen molar-refractivity contribution in [1.29, 1.82) is 0 Å². The van der Waals surface area contributed by atoms with Crippen molar-refractivity contribution in [3.63, 3.8) is 0 Å². The molecule has 2 nitrogen and oxygen atoms in total.